The minimum atomic E-state index is -0.513. The zero-order chi connectivity index (χ0) is 17.4. The SMILES string of the molecule is CCc1c(Cn2ccnc2-c2cc(F)ccc2F)nc2ncccn12. The van der Waals surface area contributed by atoms with Gasteiger partial charge in [0.15, 0.2) is 0 Å². The number of aromatic nitrogens is 5. The van der Waals surface area contributed by atoms with Gasteiger partial charge in [-0.05, 0) is 30.7 Å². The Morgan fingerprint density at radius 2 is 1.96 bits per heavy atom. The summed E-state index contributed by atoms with van der Waals surface area (Å²) in [5, 5.41) is 0. The van der Waals surface area contributed by atoms with Crippen molar-refractivity contribution in [3.05, 3.63) is 72.1 Å². The molecule has 4 rings (SSSR count). The predicted octanol–water partition coefficient (Wildman–Crippen LogP) is 3.48. The van der Waals surface area contributed by atoms with Crippen LogP contribution in [0, 0.1) is 11.6 Å². The predicted molar refractivity (Wildman–Crippen MR) is 89.0 cm³/mol. The highest BCUT2D eigenvalue weighted by Crippen LogP contribution is 2.24. The summed E-state index contributed by atoms with van der Waals surface area (Å²) in [6, 6.07) is 5.20. The first-order valence-electron chi connectivity index (χ1n) is 7.94. The quantitative estimate of drug-likeness (QED) is 0.572. The Morgan fingerprint density at radius 3 is 2.80 bits per heavy atom. The Hall–Kier alpha value is -3.09. The first-order chi connectivity index (χ1) is 12.2. The molecule has 0 atom stereocenters. The van der Waals surface area contributed by atoms with E-state index in [9.17, 15) is 8.78 Å². The van der Waals surface area contributed by atoms with Crippen LogP contribution >= 0.6 is 0 Å². The van der Waals surface area contributed by atoms with Crippen LogP contribution in [-0.4, -0.2) is 23.9 Å². The summed E-state index contributed by atoms with van der Waals surface area (Å²) < 4.78 is 31.3. The van der Waals surface area contributed by atoms with E-state index in [-0.39, 0.29) is 5.56 Å². The van der Waals surface area contributed by atoms with Crippen LogP contribution in [0.15, 0.2) is 49.1 Å². The third kappa shape index (κ3) is 2.67. The third-order valence-electron chi connectivity index (χ3n) is 4.13. The van der Waals surface area contributed by atoms with Gasteiger partial charge >= 0.3 is 0 Å². The van der Waals surface area contributed by atoms with Gasteiger partial charge in [-0.2, -0.15) is 0 Å². The van der Waals surface area contributed by atoms with Crippen LogP contribution in [0.5, 0.6) is 0 Å². The average molecular weight is 339 g/mol. The molecule has 7 heteroatoms. The van der Waals surface area contributed by atoms with Crippen LogP contribution in [0.25, 0.3) is 17.2 Å². The highest BCUT2D eigenvalue weighted by molar-refractivity contribution is 5.56. The molecule has 5 nitrogen and oxygen atoms in total. The number of imidazole rings is 2. The molecule has 25 heavy (non-hydrogen) atoms. The van der Waals surface area contributed by atoms with Crippen LogP contribution in [0.1, 0.15) is 18.3 Å². The molecule has 0 bridgehead atoms. The second kappa shape index (κ2) is 6.08. The molecule has 0 saturated carbocycles. The van der Waals surface area contributed by atoms with Crippen molar-refractivity contribution in [2.75, 3.05) is 0 Å². The fraction of sp³-hybridized carbons (Fsp3) is 0.167. The van der Waals surface area contributed by atoms with Gasteiger partial charge in [0.25, 0.3) is 0 Å². The number of fused-ring (bicyclic) bond motifs is 1. The summed E-state index contributed by atoms with van der Waals surface area (Å²) in [6.45, 7) is 2.44. The van der Waals surface area contributed by atoms with Crippen molar-refractivity contribution in [2.24, 2.45) is 0 Å². The minimum absolute atomic E-state index is 0.130. The van der Waals surface area contributed by atoms with Gasteiger partial charge in [0.1, 0.15) is 17.5 Å². The maximum atomic E-state index is 14.1. The molecule has 126 valence electrons. The number of nitrogens with zero attached hydrogens (tertiary/aromatic N) is 5. The van der Waals surface area contributed by atoms with Gasteiger partial charge < -0.3 is 4.57 Å². The van der Waals surface area contributed by atoms with E-state index in [1.165, 1.54) is 0 Å². The molecule has 0 aliphatic heterocycles. The van der Waals surface area contributed by atoms with Crippen LogP contribution < -0.4 is 0 Å². The monoisotopic (exact) mass is 339 g/mol. The van der Waals surface area contributed by atoms with E-state index in [0.717, 1.165) is 36.0 Å². The van der Waals surface area contributed by atoms with E-state index in [0.29, 0.717) is 18.1 Å². The van der Waals surface area contributed by atoms with Gasteiger partial charge in [0.2, 0.25) is 5.78 Å². The molecule has 3 heterocycles. The fourth-order valence-electron chi connectivity index (χ4n) is 2.99. The zero-order valence-corrected chi connectivity index (χ0v) is 13.5. The lowest BCUT2D eigenvalue weighted by Gasteiger charge is -2.09. The van der Waals surface area contributed by atoms with E-state index in [2.05, 4.69) is 15.0 Å². The van der Waals surface area contributed by atoms with Gasteiger partial charge in [0, 0.05) is 30.5 Å². The minimum Gasteiger partial charge on any atom is -0.325 e. The molecule has 0 saturated heterocycles. The van der Waals surface area contributed by atoms with Crippen LogP contribution in [0.4, 0.5) is 8.78 Å². The number of hydrogen-bond donors (Lipinski definition) is 0. The van der Waals surface area contributed by atoms with Crippen molar-refractivity contribution in [3.63, 3.8) is 0 Å². The smallest absolute Gasteiger partial charge is 0.234 e. The summed E-state index contributed by atoms with van der Waals surface area (Å²) in [7, 11) is 0. The van der Waals surface area contributed by atoms with Crippen LogP contribution in [0.2, 0.25) is 0 Å². The molecule has 4 aromatic rings. The van der Waals surface area contributed by atoms with Crippen molar-refractivity contribution >= 4 is 5.78 Å². The molecule has 0 unspecified atom stereocenters. The Kier molecular flexibility index (Phi) is 3.76. The summed E-state index contributed by atoms with van der Waals surface area (Å²) >= 11 is 0. The average Bonchev–Trinajstić information content (AvgIpc) is 3.21. The van der Waals surface area contributed by atoms with Crippen molar-refractivity contribution in [3.8, 4) is 11.4 Å². The highest BCUT2D eigenvalue weighted by Gasteiger charge is 2.16. The van der Waals surface area contributed by atoms with Crippen molar-refractivity contribution < 1.29 is 8.78 Å². The molecule has 0 spiro atoms. The fourth-order valence-corrected chi connectivity index (χ4v) is 2.99. The highest BCUT2D eigenvalue weighted by atomic mass is 19.1. The first-order valence-corrected chi connectivity index (χ1v) is 7.94. The van der Waals surface area contributed by atoms with Gasteiger partial charge in [-0.15, -0.1) is 0 Å². The molecule has 1 aromatic carbocycles. The van der Waals surface area contributed by atoms with Crippen molar-refractivity contribution in [2.45, 2.75) is 19.9 Å². The Morgan fingerprint density at radius 1 is 1.08 bits per heavy atom. The molecular weight excluding hydrogens is 324 g/mol. The van der Waals surface area contributed by atoms with Gasteiger partial charge in [-0.1, -0.05) is 6.92 Å². The molecule has 0 amide bonds. The van der Waals surface area contributed by atoms with Crippen molar-refractivity contribution in [1.29, 1.82) is 0 Å². The van der Waals surface area contributed by atoms with E-state index in [1.54, 1.807) is 23.2 Å². The Labute approximate surface area is 142 Å². The normalized spacial score (nSPS) is 11.3. The van der Waals surface area contributed by atoms with Crippen molar-refractivity contribution in [1.82, 2.24) is 23.9 Å². The summed E-state index contributed by atoms with van der Waals surface area (Å²) in [5.41, 5.74) is 1.99. The lowest BCUT2D eigenvalue weighted by Crippen LogP contribution is -2.05. The number of benzene rings is 1. The third-order valence-corrected chi connectivity index (χ3v) is 4.13. The summed E-state index contributed by atoms with van der Waals surface area (Å²) in [5.74, 6) is -0.0321. The molecule has 0 N–H and O–H groups in total. The number of aryl methyl sites for hydroxylation is 1. The number of rotatable bonds is 4. The molecule has 0 aliphatic carbocycles. The largest absolute Gasteiger partial charge is 0.325 e. The zero-order valence-electron chi connectivity index (χ0n) is 13.5. The summed E-state index contributed by atoms with van der Waals surface area (Å²) in [6.07, 6.45) is 7.69. The summed E-state index contributed by atoms with van der Waals surface area (Å²) in [4.78, 5) is 13.0. The molecule has 0 fully saturated rings. The number of hydrogen-bond acceptors (Lipinski definition) is 3. The van der Waals surface area contributed by atoms with Gasteiger partial charge in [-0.3, -0.25) is 4.40 Å². The standard InChI is InChI=1S/C18H15F2N5/c1-2-16-15(23-18-22-6-3-8-25(16)18)11-24-9-7-21-17(24)13-10-12(19)4-5-14(13)20/h3-10H,2,11H2,1H3. The number of halogens is 2. The molecule has 0 radical (unpaired) electrons. The first kappa shape index (κ1) is 15.4. The Bertz CT molecular complexity index is 1050. The second-order valence-corrected chi connectivity index (χ2v) is 5.65. The van der Waals surface area contributed by atoms with Gasteiger partial charge in [0.05, 0.1) is 17.8 Å². The van der Waals surface area contributed by atoms with Crippen LogP contribution in [0.3, 0.4) is 0 Å². The van der Waals surface area contributed by atoms with E-state index in [1.807, 2.05) is 23.6 Å². The lowest BCUT2D eigenvalue weighted by atomic mass is 10.2. The maximum Gasteiger partial charge on any atom is 0.234 e. The molecule has 3 aromatic heterocycles. The lowest BCUT2D eigenvalue weighted by molar-refractivity contribution is 0.600. The molecule has 0 aliphatic rings. The maximum absolute atomic E-state index is 14.1. The Balaban J connectivity index is 1.79. The molecular formula is C18H15F2N5. The van der Waals surface area contributed by atoms with E-state index >= 15 is 0 Å². The van der Waals surface area contributed by atoms with E-state index in [4.69, 9.17) is 0 Å². The van der Waals surface area contributed by atoms with Crippen LogP contribution in [-0.2, 0) is 13.0 Å². The second-order valence-electron chi connectivity index (χ2n) is 5.65. The topological polar surface area (TPSA) is 48.0 Å². The van der Waals surface area contributed by atoms with E-state index < -0.39 is 11.6 Å². The van der Waals surface area contributed by atoms with Gasteiger partial charge in [-0.25, -0.2) is 23.7 Å².